The molecular formula is C15H20N2O. The van der Waals surface area contributed by atoms with Gasteiger partial charge >= 0.3 is 0 Å². The van der Waals surface area contributed by atoms with Crippen LogP contribution in [0.5, 0.6) is 5.75 Å². The van der Waals surface area contributed by atoms with Gasteiger partial charge in [0.1, 0.15) is 11.3 Å². The first-order valence-corrected chi connectivity index (χ1v) is 6.61. The van der Waals surface area contributed by atoms with Crippen molar-refractivity contribution >= 4 is 5.69 Å². The number of nitrogens with one attached hydrogen (secondary N) is 1. The van der Waals surface area contributed by atoms with E-state index in [1.54, 1.807) is 7.11 Å². The van der Waals surface area contributed by atoms with Crippen molar-refractivity contribution in [2.24, 2.45) is 0 Å². The van der Waals surface area contributed by atoms with E-state index in [1.807, 2.05) is 24.3 Å². The average Bonchev–Trinajstić information content (AvgIpc) is 2.66. The molecule has 0 spiro atoms. The summed E-state index contributed by atoms with van der Waals surface area (Å²) in [5.41, 5.74) is 0.615. The second kappa shape index (κ2) is 5.77. The van der Waals surface area contributed by atoms with Crippen molar-refractivity contribution in [3.63, 3.8) is 0 Å². The minimum absolute atomic E-state index is 0.384. The number of nitrogens with zero attached hydrogens (tertiary/aromatic N) is 1. The highest BCUT2D eigenvalue weighted by Crippen LogP contribution is 2.30. The van der Waals surface area contributed by atoms with Crippen LogP contribution in [0.3, 0.4) is 0 Å². The Morgan fingerprint density at radius 3 is 2.22 bits per heavy atom. The van der Waals surface area contributed by atoms with E-state index in [1.165, 1.54) is 12.8 Å². The van der Waals surface area contributed by atoms with Crippen molar-refractivity contribution in [2.75, 3.05) is 12.4 Å². The van der Waals surface area contributed by atoms with E-state index in [2.05, 4.69) is 11.4 Å². The third kappa shape index (κ3) is 2.95. The molecule has 0 atom stereocenters. The molecule has 1 saturated carbocycles. The molecule has 1 aliphatic rings. The van der Waals surface area contributed by atoms with Crippen LogP contribution in [0, 0.1) is 11.3 Å². The summed E-state index contributed by atoms with van der Waals surface area (Å²) in [6.45, 7) is 0. The highest BCUT2D eigenvalue weighted by Gasteiger charge is 2.30. The monoisotopic (exact) mass is 244 g/mol. The van der Waals surface area contributed by atoms with Crippen LogP contribution in [0.25, 0.3) is 0 Å². The summed E-state index contributed by atoms with van der Waals surface area (Å²) < 4.78 is 5.14. The van der Waals surface area contributed by atoms with Gasteiger partial charge in [0, 0.05) is 5.69 Å². The second-order valence-electron chi connectivity index (χ2n) is 4.96. The summed E-state index contributed by atoms with van der Waals surface area (Å²) in [6.07, 6.45) is 6.64. The zero-order valence-electron chi connectivity index (χ0n) is 10.9. The Morgan fingerprint density at radius 1 is 1.11 bits per heavy atom. The summed E-state index contributed by atoms with van der Waals surface area (Å²) in [5.74, 6) is 0.840. The molecular weight excluding hydrogens is 224 g/mol. The van der Waals surface area contributed by atoms with Gasteiger partial charge in [-0.1, -0.05) is 25.7 Å². The summed E-state index contributed by atoms with van der Waals surface area (Å²) in [7, 11) is 1.66. The van der Waals surface area contributed by atoms with E-state index in [0.29, 0.717) is 0 Å². The average molecular weight is 244 g/mol. The Morgan fingerprint density at radius 2 is 1.72 bits per heavy atom. The van der Waals surface area contributed by atoms with Gasteiger partial charge in [0.25, 0.3) is 0 Å². The van der Waals surface area contributed by atoms with Crippen molar-refractivity contribution in [2.45, 2.75) is 44.1 Å². The van der Waals surface area contributed by atoms with Crippen LogP contribution in [0.2, 0.25) is 0 Å². The fraction of sp³-hybridized carbons (Fsp3) is 0.533. The standard InChI is InChI=1S/C15H20N2O/c1-18-14-8-6-13(7-9-14)17-15(12-16)10-4-2-3-5-11-15/h6-9,17H,2-5,10-11H2,1H3. The number of hydrogen-bond donors (Lipinski definition) is 1. The molecule has 0 radical (unpaired) electrons. The first-order valence-electron chi connectivity index (χ1n) is 6.61. The molecule has 0 saturated heterocycles. The van der Waals surface area contributed by atoms with Crippen LogP contribution in [0.4, 0.5) is 5.69 Å². The largest absolute Gasteiger partial charge is 0.497 e. The molecule has 2 rings (SSSR count). The quantitative estimate of drug-likeness (QED) is 0.824. The van der Waals surface area contributed by atoms with E-state index in [9.17, 15) is 5.26 Å². The highest BCUT2D eigenvalue weighted by molar-refractivity contribution is 5.50. The molecule has 96 valence electrons. The van der Waals surface area contributed by atoms with Crippen molar-refractivity contribution in [3.05, 3.63) is 24.3 Å². The molecule has 0 amide bonds. The van der Waals surface area contributed by atoms with E-state index in [-0.39, 0.29) is 5.54 Å². The summed E-state index contributed by atoms with van der Waals surface area (Å²) >= 11 is 0. The van der Waals surface area contributed by atoms with Crippen molar-refractivity contribution in [1.82, 2.24) is 0 Å². The van der Waals surface area contributed by atoms with Crippen molar-refractivity contribution in [3.8, 4) is 11.8 Å². The molecule has 3 nitrogen and oxygen atoms in total. The highest BCUT2D eigenvalue weighted by atomic mass is 16.5. The smallest absolute Gasteiger partial charge is 0.125 e. The van der Waals surface area contributed by atoms with Crippen LogP contribution in [0.15, 0.2) is 24.3 Å². The lowest BCUT2D eigenvalue weighted by Crippen LogP contribution is -2.35. The molecule has 18 heavy (non-hydrogen) atoms. The fourth-order valence-electron chi connectivity index (χ4n) is 2.55. The van der Waals surface area contributed by atoms with Gasteiger partial charge in [-0.15, -0.1) is 0 Å². The predicted molar refractivity (Wildman–Crippen MR) is 72.7 cm³/mol. The van der Waals surface area contributed by atoms with Gasteiger partial charge in [0.05, 0.1) is 13.2 Å². The first-order chi connectivity index (χ1) is 8.78. The zero-order valence-corrected chi connectivity index (χ0v) is 10.9. The third-order valence-electron chi connectivity index (χ3n) is 3.64. The normalized spacial score (nSPS) is 18.4. The van der Waals surface area contributed by atoms with Gasteiger partial charge in [-0.05, 0) is 37.1 Å². The van der Waals surface area contributed by atoms with Crippen molar-refractivity contribution in [1.29, 1.82) is 5.26 Å². The zero-order chi connectivity index (χ0) is 12.8. The Bertz CT molecular complexity index is 411. The SMILES string of the molecule is COc1ccc(NC2(C#N)CCCCCC2)cc1. The van der Waals surface area contributed by atoms with Crippen LogP contribution in [-0.4, -0.2) is 12.6 Å². The first kappa shape index (κ1) is 12.8. The number of methoxy groups -OCH3 is 1. The minimum atomic E-state index is -0.384. The van der Waals surface area contributed by atoms with Crippen LogP contribution < -0.4 is 10.1 Å². The molecule has 0 unspecified atom stereocenters. The Labute approximate surface area is 109 Å². The van der Waals surface area contributed by atoms with E-state index < -0.39 is 0 Å². The third-order valence-corrected chi connectivity index (χ3v) is 3.64. The number of ether oxygens (including phenoxy) is 1. The molecule has 1 aromatic carbocycles. The van der Waals surface area contributed by atoms with Crippen LogP contribution in [0.1, 0.15) is 38.5 Å². The Hall–Kier alpha value is -1.69. The van der Waals surface area contributed by atoms with E-state index in [4.69, 9.17) is 4.74 Å². The molecule has 1 fully saturated rings. The van der Waals surface area contributed by atoms with E-state index >= 15 is 0 Å². The summed E-state index contributed by atoms with van der Waals surface area (Å²) in [5, 5.41) is 12.9. The molecule has 0 bridgehead atoms. The second-order valence-corrected chi connectivity index (χ2v) is 4.96. The van der Waals surface area contributed by atoms with Crippen molar-refractivity contribution < 1.29 is 4.74 Å². The van der Waals surface area contributed by atoms with Gasteiger partial charge < -0.3 is 10.1 Å². The number of rotatable bonds is 3. The minimum Gasteiger partial charge on any atom is -0.497 e. The molecule has 1 N–H and O–H groups in total. The summed E-state index contributed by atoms with van der Waals surface area (Å²) in [6, 6.07) is 10.3. The molecule has 0 heterocycles. The lowest BCUT2D eigenvalue weighted by molar-refractivity contribution is 0.415. The van der Waals surface area contributed by atoms with Gasteiger partial charge in [-0.2, -0.15) is 5.26 Å². The predicted octanol–water partition coefficient (Wildman–Crippen LogP) is 3.72. The van der Waals surface area contributed by atoms with E-state index in [0.717, 1.165) is 37.1 Å². The van der Waals surface area contributed by atoms with Gasteiger partial charge in [0.2, 0.25) is 0 Å². The number of anilines is 1. The molecule has 1 aromatic rings. The Kier molecular flexibility index (Phi) is 4.09. The van der Waals surface area contributed by atoms with Gasteiger partial charge in [0.15, 0.2) is 0 Å². The fourth-order valence-corrected chi connectivity index (χ4v) is 2.55. The lowest BCUT2D eigenvalue weighted by Gasteiger charge is -2.27. The number of hydrogen-bond acceptors (Lipinski definition) is 3. The molecule has 0 aliphatic heterocycles. The van der Waals surface area contributed by atoms with Crippen LogP contribution in [-0.2, 0) is 0 Å². The topological polar surface area (TPSA) is 45.0 Å². The molecule has 0 aromatic heterocycles. The maximum Gasteiger partial charge on any atom is 0.125 e. The maximum atomic E-state index is 9.49. The molecule has 3 heteroatoms. The summed E-state index contributed by atoms with van der Waals surface area (Å²) in [4.78, 5) is 0. The van der Waals surface area contributed by atoms with Gasteiger partial charge in [-0.3, -0.25) is 0 Å². The molecule has 1 aliphatic carbocycles. The number of nitriles is 1. The lowest BCUT2D eigenvalue weighted by atomic mass is 9.91. The Balaban J connectivity index is 2.11. The van der Waals surface area contributed by atoms with Crippen LogP contribution >= 0.6 is 0 Å². The number of benzene rings is 1. The van der Waals surface area contributed by atoms with Gasteiger partial charge in [-0.25, -0.2) is 0 Å². The maximum absolute atomic E-state index is 9.49.